The fraction of sp³-hybridized carbons (Fsp3) is 0.500. The third-order valence-corrected chi connectivity index (χ3v) is 13.3. The monoisotopic (exact) mass is 1100 g/mol. The van der Waals surface area contributed by atoms with Crippen molar-refractivity contribution in [1.82, 2.24) is 19.9 Å². The molecule has 0 saturated carbocycles. The molecule has 0 spiro atoms. The van der Waals surface area contributed by atoms with E-state index >= 15 is 0 Å². The number of aromatic nitrogens is 4. The van der Waals surface area contributed by atoms with Crippen LogP contribution in [-0.2, 0) is 28.4 Å². The number of carbonyl (C=O) groups excluding carboxylic acids is 2. The van der Waals surface area contributed by atoms with Crippen LogP contribution in [0.15, 0.2) is 73.1 Å². The molecule has 2 aliphatic rings. The molecule has 2 fully saturated rings. The Balaban J connectivity index is 0.000000312. The molecule has 2 aromatic carbocycles. The van der Waals surface area contributed by atoms with Gasteiger partial charge in [-0.3, -0.25) is 9.80 Å². The van der Waals surface area contributed by atoms with Gasteiger partial charge in [-0.05, 0) is 147 Å². The number of pyridine rings is 2. The summed E-state index contributed by atoms with van der Waals surface area (Å²) in [4.78, 5) is 45.6. The molecule has 2 amide bonds. The predicted molar refractivity (Wildman–Crippen MR) is 286 cm³/mol. The Labute approximate surface area is 490 Å². The Kier molecular flexibility index (Phi) is 25.1. The number of fused-ring (bicyclic) bond motifs is 2. The molecule has 6 heterocycles. The Hall–Kier alpha value is -4.00. The molecule has 75 heavy (non-hydrogen) atoms. The Morgan fingerprint density at radius 1 is 0.680 bits per heavy atom. The van der Waals surface area contributed by atoms with Crippen LogP contribution in [0.1, 0.15) is 93.4 Å². The quantitative estimate of drug-likeness (QED) is 0.0728. The van der Waals surface area contributed by atoms with E-state index in [-0.39, 0.29) is 88.8 Å². The first-order chi connectivity index (χ1) is 34.4. The summed E-state index contributed by atoms with van der Waals surface area (Å²) in [6, 6.07) is 18.8. The van der Waals surface area contributed by atoms with Gasteiger partial charge in [0.25, 0.3) is 0 Å². The van der Waals surface area contributed by atoms with Gasteiger partial charge in [-0.25, -0.2) is 33.9 Å². The first-order valence-electron chi connectivity index (χ1n) is 24.5. The minimum atomic E-state index is -0.677. The Morgan fingerprint density at radius 2 is 1.11 bits per heavy atom. The van der Waals surface area contributed by atoms with Gasteiger partial charge in [-0.1, -0.05) is 6.92 Å². The van der Waals surface area contributed by atoms with E-state index in [4.69, 9.17) is 42.9 Å². The number of nitrogens with zero attached hydrogens (tertiary/aromatic N) is 6. The number of hydrogen-bond acceptors (Lipinski definition) is 16. The van der Waals surface area contributed by atoms with Crippen molar-refractivity contribution >= 4 is 66.9 Å². The predicted octanol–water partition coefficient (Wildman–Crippen LogP) is 6.88. The van der Waals surface area contributed by atoms with Gasteiger partial charge >= 0.3 is 63.6 Å². The number of rotatable bonds is 16. The van der Waals surface area contributed by atoms with E-state index in [1.54, 1.807) is 50.0 Å². The number of hydrogen-bond donors (Lipinski definition) is 0. The first kappa shape index (κ1) is 63.5. The molecular formula is C54H70F2KN6O10S2-. The van der Waals surface area contributed by atoms with Crippen molar-refractivity contribution in [2.75, 3.05) is 57.0 Å². The molecule has 0 radical (unpaired) electrons. The summed E-state index contributed by atoms with van der Waals surface area (Å²) >= 11 is 3.07. The van der Waals surface area contributed by atoms with Crippen molar-refractivity contribution < 1.29 is 108 Å². The number of carbonyl (C=O) groups is 2. The maximum Gasteiger partial charge on any atom is 1.00 e. The number of ether oxygens (including phenoxy) is 8. The van der Waals surface area contributed by atoms with Crippen molar-refractivity contribution in [2.24, 2.45) is 0 Å². The Morgan fingerprint density at radius 3 is 1.47 bits per heavy atom. The second-order valence-electron chi connectivity index (χ2n) is 19.5. The fourth-order valence-electron chi connectivity index (χ4n) is 7.32. The molecule has 404 valence electrons. The largest absolute Gasteiger partial charge is 1.00 e. The van der Waals surface area contributed by atoms with E-state index in [0.717, 1.165) is 98.9 Å². The molecule has 4 atom stereocenters. The van der Waals surface area contributed by atoms with E-state index in [2.05, 4.69) is 21.9 Å². The summed E-state index contributed by atoms with van der Waals surface area (Å²) in [5, 5.41) is 1.64. The molecule has 0 bridgehead atoms. The second kappa shape index (κ2) is 29.7. The third kappa shape index (κ3) is 19.2. The van der Waals surface area contributed by atoms with E-state index in [1.165, 1.54) is 21.1 Å². The van der Waals surface area contributed by atoms with Crippen LogP contribution in [0.2, 0.25) is 0 Å². The van der Waals surface area contributed by atoms with Gasteiger partial charge < -0.3 is 50.0 Å². The standard InChI is InChI=1S/C27H35N3O5S.C26H32FN3O5S.CH3.FH.K/c1-6-19(34-24-9-7-8-14-32-24)17-33-20-11-12-21-22(15-20)36-25(29-21)18-10-13-23(28-16-18)30(5)26(31)35-27(2,3)4;1-26(2,3)35-25(31)30(4)22-11-8-17(15-28-22)24-29-20-10-9-18(13-21(20)36-24)33-16-19(14-27)34-23-7-5-6-12-32-23;;;/h10-13,15-16,19,24H,6-9,14,17H2,1-5H3;8-11,13,15,19,23H,5-7,12,14,16H2,1-4H3;1H3;1H;/q;;-1;;+1/p-1/t19-,24?;19-,23?;;;/m11.../s1/i;27-1;;1-1;. The van der Waals surface area contributed by atoms with Gasteiger partial charge in [-0.15, -0.1) is 22.7 Å². The molecule has 4 aromatic heterocycles. The van der Waals surface area contributed by atoms with Crippen LogP contribution in [0.25, 0.3) is 41.6 Å². The van der Waals surface area contributed by atoms with Gasteiger partial charge in [-0.2, -0.15) is 0 Å². The summed E-state index contributed by atoms with van der Waals surface area (Å²) in [6.45, 7) is 14.4. The molecular weight excluding hydrogens is 1030 g/mol. The second-order valence-corrected chi connectivity index (χ2v) is 21.5. The van der Waals surface area contributed by atoms with Crippen LogP contribution in [0, 0.1) is 7.43 Å². The molecule has 21 heteroatoms. The van der Waals surface area contributed by atoms with E-state index < -0.39 is 36.2 Å². The van der Waals surface area contributed by atoms with Gasteiger partial charge in [0.2, 0.25) is 0 Å². The minimum absolute atomic E-state index is 0. The van der Waals surface area contributed by atoms with Gasteiger partial charge in [0.15, 0.2) is 12.6 Å². The van der Waals surface area contributed by atoms with Crippen molar-refractivity contribution in [1.29, 1.82) is 0 Å². The summed E-state index contributed by atoms with van der Waals surface area (Å²) < 4.78 is 61.1. The summed E-state index contributed by atoms with van der Waals surface area (Å²) in [5.41, 5.74) is 2.29. The maximum absolute atomic E-state index is 13.5. The Bertz CT molecular complexity index is 2510. The van der Waals surface area contributed by atoms with Crippen molar-refractivity contribution in [2.45, 2.75) is 129 Å². The van der Waals surface area contributed by atoms with E-state index in [1.807, 2.05) is 90.1 Å². The van der Waals surface area contributed by atoms with Gasteiger partial charge in [0.05, 0.1) is 26.5 Å². The van der Waals surface area contributed by atoms with Crippen LogP contribution in [0.4, 0.5) is 25.6 Å². The molecule has 0 aliphatic carbocycles. The molecule has 16 nitrogen and oxygen atoms in total. The van der Waals surface area contributed by atoms with E-state index in [0.29, 0.717) is 30.6 Å². The van der Waals surface area contributed by atoms with Crippen molar-refractivity contribution in [3.8, 4) is 32.6 Å². The van der Waals surface area contributed by atoms with Crippen LogP contribution in [0.5, 0.6) is 11.5 Å². The first-order valence-corrected chi connectivity index (χ1v) is 26.1. The molecule has 8 rings (SSSR count). The average molecular weight is 1100 g/mol. The molecule has 0 N–H and O–H groups in total. The average Bonchev–Trinajstić information content (AvgIpc) is 4.00. The topological polar surface area (TPSA) is 166 Å². The molecule has 2 unspecified atom stereocenters. The van der Waals surface area contributed by atoms with Crippen LogP contribution >= 0.6 is 22.7 Å². The van der Waals surface area contributed by atoms with Gasteiger partial charge in [0, 0.05) is 50.8 Å². The molecule has 2 saturated heterocycles. The van der Waals surface area contributed by atoms with Crippen molar-refractivity contribution in [3.63, 3.8) is 0 Å². The summed E-state index contributed by atoms with van der Waals surface area (Å²) in [7, 11) is 3.27. The van der Waals surface area contributed by atoms with Gasteiger partial charge in [0.1, 0.15) is 70.3 Å². The van der Waals surface area contributed by atoms with Crippen LogP contribution < -0.4 is 75.4 Å². The zero-order valence-corrected chi connectivity index (χ0v) is 49.8. The summed E-state index contributed by atoms with van der Waals surface area (Å²) in [5.74, 6) is 2.40. The zero-order valence-electron chi connectivity index (χ0n) is 45.1. The number of benzene rings is 2. The zero-order chi connectivity index (χ0) is 51.4. The van der Waals surface area contributed by atoms with E-state index in [9.17, 15) is 14.0 Å². The normalized spacial score (nSPS) is 16.4. The third-order valence-electron chi connectivity index (χ3n) is 11.2. The number of alkyl halides is 1. The molecule has 6 aromatic rings. The summed E-state index contributed by atoms with van der Waals surface area (Å²) in [6.07, 6.45) is 8.18. The number of anilines is 2. The number of amides is 2. The fourth-order valence-corrected chi connectivity index (χ4v) is 9.29. The number of thiazole rings is 2. The van der Waals surface area contributed by atoms with Crippen LogP contribution in [0.3, 0.4) is 0 Å². The molecule has 2 aliphatic heterocycles. The smallest absolute Gasteiger partial charge is 1.00 e. The van der Waals surface area contributed by atoms with Crippen LogP contribution in [-0.4, -0.2) is 115 Å². The maximum atomic E-state index is 13.5. The minimum Gasteiger partial charge on any atom is -1.00 e. The van der Waals surface area contributed by atoms with Crippen molar-refractivity contribution in [3.05, 3.63) is 80.5 Å². The number of halogens is 2. The SMILES string of the molecule is CC[C@H](COc1ccc2nc(-c3ccc(N(C)C(=O)OC(C)(C)C)nc3)sc2c1)OC1CCCCO1.CN(C(=O)OC(C)(C)C)c1ccc(-c2nc3ccc(OC[C@@H](C[18F])OC4CCCCO4)cc3s2)cn1.[18F-].[CH3-].[K+].